The van der Waals surface area contributed by atoms with Gasteiger partial charge in [0.25, 0.3) is 0 Å². The molecule has 2 heterocycles. The maximum atomic E-state index is 13.9. The summed E-state index contributed by atoms with van der Waals surface area (Å²) in [5.74, 6) is 0.290. The van der Waals surface area contributed by atoms with Crippen molar-refractivity contribution in [2.75, 3.05) is 0 Å². The molecule has 4 aliphatic carbocycles. The average molecular weight is 589 g/mol. The quantitative estimate of drug-likeness (QED) is 0.347. The number of hydrogen-bond acceptors (Lipinski definition) is 7. The van der Waals surface area contributed by atoms with Crippen LogP contribution in [0.25, 0.3) is 0 Å². The van der Waals surface area contributed by atoms with Crippen LogP contribution in [0.4, 0.5) is 0 Å². The first-order chi connectivity index (χ1) is 19.7. The third-order valence-corrected chi connectivity index (χ3v) is 12.8. The lowest BCUT2D eigenvalue weighted by molar-refractivity contribution is -0.163. The second-order valence-corrected chi connectivity index (χ2v) is 16.0. The smallest absolute Gasteiger partial charge is 0.159 e. The van der Waals surface area contributed by atoms with Gasteiger partial charge in [-0.3, -0.25) is 4.79 Å². The number of carbonyl (C=O) groups excluding carboxylic acids is 1. The Bertz CT molecular complexity index is 1080. The van der Waals surface area contributed by atoms with Gasteiger partial charge < -0.3 is 29.2 Å². The Morgan fingerprint density at radius 3 is 2.31 bits per heavy atom. The highest BCUT2D eigenvalue weighted by atomic mass is 16.7. The molecule has 0 bridgehead atoms. The van der Waals surface area contributed by atoms with Crippen LogP contribution in [-0.4, -0.2) is 63.7 Å². The minimum absolute atomic E-state index is 0.0114. The van der Waals surface area contributed by atoms with Crippen LogP contribution >= 0.6 is 0 Å². The highest BCUT2D eigenvalue weighted by Gasteiger charge is 2.71. The summed E-state index contributed by atoms with van der Waals surface area (Å²) in [6.45, 7) is 14.7. The second kappa shape index (κ2) is 10.6. The topological polar surface area (TPSA) is 94.5 Å². The number of hydrogen-bond donors (Lipinski definition) is 2. The van der Waals surface area contributed by atoms with Crippen molar-refractivity contribution in [2.45, 2.75) is 173 Å². The van der Waals surface area contributed by atoms with Crippen LogP contribution in [0.15, 0.2) is 11.6 Å². The molecule has 6 aliphatic rings. The molecule has 2 saturated heterocycles. The highest BCUT2D eigenvalue weighted by Crippen LogP contribution is 2.70. The molecule has 0 radical (unpaired) electrons. The summed E-state index contributed by atoms with van der Waals surface area (Å²) in [7, 11) is 0. The molecule has 7 heteroatoms. The summed E-state index contributed by atoms with van der Waals surface area (Å²) >= 11 is 0. The van der Waals surface area contributed by atoms with Gasteiger partial charge in [0, 0.05) is 11.3 Å². The Labute approximate surface area is 253 Å². The number of ether oxygens (including phenoxy) is 4. The van der Waals surface area contributed by atoms with Gasteiger partial charge in [-0.15, -0.1) is 0 Å². The Hall–Kier alpha value is -0.830. The van der Waals surface area contributed by atoms with E-state index in [0.717, 1.165) is 56.9 Å². The van der Waals surface area contributed by atoms with Gasteiger partial charge in [-0.25, -0.2) is 0 Å². The molecule has 7 nitrogen and oxygen atoms in total. The first kappa shape index (κ1) is 31.2. The molecule has 1 unspecified atom stereocenters. The van der Waals surface area contributed by atoms with Gasteiger partial charge in [0.05, 0.1) is 35.1 Å². The van der Waals surface area contributed by atoms with E-state index in [1.165, 1.54) is 0 Å². The zero-order chi connectivity index (χ0) is 30.3. The number of ketones is 1. The minimum Gasteiger partial charge on any atom is -0.390 e. The van der Waals surface area contributed by atoms with E-state index in [0.29, 0.717) is 25.7 Å². The lowest BCUT2D eigenvalue weighted by Crippen LogP contribution is -2.62. The molecule has 12 atom stereocenters. The fourth-order valence-electron chi connectivity index (χ4n) is 10.5. The van der Waals surface area contributed by atoms with E-state index >= 15 is 0 Å². The second-order valence-electron chi connectivity index (χ2n) is 16.0. The summed E-state index contributed by atoms with van der Waals surface area (Å²) in [5, 5.41) is 23.4. The molecule has 6 rings (SSSR count). The van der Waals surface area contributed by atoms with Crippen molar-refractivity contribution >= 4 is 5.78 Å². The van der Waals surface area contributed by atoms with Crippen LogP contribution in [0.2, 0.25) is 0 Å². The van der Waals surface area contributed by atoms with Crippen molar-refractivity contribution < 1.29 is 34.0 Å². The predicted molar refractivity (Wildman–Crippen MR) is 159 cm³/mol. The summed E-state index contributed by atoms with van der Waals surface area (Å²) < 4.78 is 26.0. The van der Waals surface area contributed by atoms with Crippen molar-refractivity contribution in [1.29, 1.82) is 0 Å². The van der Waals surface area contributed by atoms with Gasteiger partial charge in [0.15, 0.2) is 18.4 Å². The van der Waals surface area contributed by atoms with E-state index in [9.17, 15) is 15.0 Å². The Morgan fingerprint density at radius 2 is 1.62 bits per heavy atom. The van der Waals surface area contributed by atoms with Gasteiger partial charge in [-0.05, 0) is 114 Å². The summed E-state index contributed by atoms with van der Waals surface area (Å²) in [5.41, 5.74) is -2.15. The first-order valence-electron chi connectivity index (χ1n) is 17.0. The molecule has 3 saturated carbocycles. The number of aliphatic hydroxyl groups is 2. The molecular formula is C35H56O7. The predicted octanol–water partition coefficient (Wildman–Crippen LogP) is 6.23. The van der Waals surface area contributed by atoms with E-state index < -0.39 is 22.2 Å². The van der Waals surface area contributed by atoms with Crippen molar-refractivity contribution in [1.82, 2.24) is 0 Å². The molecule has 0 spiro atoms. The van der Waals surface area contributed by atoms with Crippen LogP contribution in [0.5, 0.6) is 0 Å². The molecule has 238 valence electrons. The van der Waals surface area contributed by atoms with Crippen LogP contribution < -0.4 is 0 Å². The number of fused-ring (bicyclic) bond motifs is 6. The van der Waals surface area contributed by atoms with Gasteiger partial charge in [-0.2, -0.15) is 0 Å². The van der Waals surface area contributed by atoms with Crippen LogP contribution in [-0.2, 0) is 23.7 Å². The maximum absolute atomic E-state index is 13.9. The minimum atomic E-state index is -1.06. The molecule has 42 heavy (non-hydrogen) atoms. The SMILES string of the molecule is CCCC1O[C@H]2C[C@@]3(C)[C@@H](C[C@H]2O1)C(=O)C=C1[C@@H]3CC[C@]2(C)[C@@H]([C@@]3(C)O[C@H](CCC)O[C@@H]3CCC(C)(C)O)CC[C@@]12O. The van der Waals surface area contributed by atoms with Gasteiger partial charge in [0.1, 0.15) is 0 Å². The maximum Gasteiger partial charge on any atom is 0.159 e. The zero-order valence-corrected chi connectivity index (χ0v) is 27.1. The molecule has 2 N–H and O–H groups in total. The molecule has 0 aromatic rings. The fourth-order valence-corrected chi connectivity index (χ4v) is 10.5. The zero-order valence-electron chi connectivity index (χ0n) is 27.1. The molecule has 0 aromatic heterocycles. The largest absolute Gasteiger partial charge is 0.390 e. The molecule has 2 aliphatic heterocycles. The lowest BCUT2D eigenvalue weighted by atomic mass is 9.45. The van der Waals surface area contributed by atoms with Gasteiger partial charge >= 0.3 is 0 Å². The summed E-state index contributed by atoms with van der Waals surface area (Å²) in [6.07, 6.45) is 11.1. The molecule has 0 amide bonds. The van der Waals surface area contributed by atoms with Gasteiger partial charge in [0.2, 0.25) is 0 Å². The van der Waals surface area contributed by atoms with Crippen molar-refractivity contribution in [3.63, 3.8) is 0 Å². The van der Waals surface area contributed by atoms with Crippen LogP contribution in [0.3, 0.4) is 0 Å². The Balaban J connectivity index is 1.29. The van der Waals surface area contributed by atoms with Crippen LogP contribution in [0, 0.1) is 28.6 Å². The molecular weight excluding hydrogens is 532 g/mol. The summed E-state index contributed by atoms with van der Waals surface area (Å²) in [4.78, 5) is 13.9. The Kier molecular flexibility index (Phi) is 7.88. The Morgan fingerprint density at radius 1 is 0.929 bits per heavy atom. The van der Waals surface area contributed by atoms with Crippen molar-refractivity contribution in [2.24, 2.45) is 28.6 Å². The third kappa shape index (κ3) is 4.70. The summed E-state index contributed by atoms with van der Waals surface area (Å²) in [6, 6.07) is 0. The first-order valence-corrected chi connectivity index (χ1v) is 17.0. The lowest BCUT2D eigenvalue weighted by Gasteiger charge is -2.60. The molecule has 5 fully saturated rings. The van der Waals surface area contributed by atoms with E-state index in [4.69, 9.17) is 18.9 Å². The van der Waals surface area contributed by atoms with E-state index in [1.807, 2.05) is 19.9 Å². The standard InChI is InChI=1S/C35H56O7/c1-8-10-29-39-25-19-23-24(36)18-22-21(32(23,5)20-26(25)40-29)12-16-33(6)27(13-17-35(22,33)38)34(7)28(14-15-31(3,4)37)41-30(42-34)11-9-2/h18,21,23,25-30,37-38H,8-17,19-20H2,1-7H3/t21-,23-,25+,26-,27-,28+,29?,30+,32+,33+,34+,35+/m0/s1. The van der Waals surface area contributed by atoms with Crippen molar-refractivity contribution in [3.8, 4) is 0 Å². The normalized spacial score (nSPS) is 50.2. The van der Waals surface area contributed by atoms with Gasteiger partial charge in [-0.1, -0.05) is 40.5 Å². The number of carbonyl (C=O) groups is 1. The number of allylic oxidation sites excluding steroid dienone is 1. The molecule has 0 aromatic carbocycles. The van der Waals surface area contributed by atoms with E-state index in [2.05, 4.69) is 34.6 Å². The third-order valence-electron chi connectivity index (χ3n) is 12.8. The van der Waals surface area contributed by atoms with E-state index in [-0.39, 0.29) is 59.8 Å². The average Bonchev–Trinajstić information content (AvgIpc) is 3.53. The monoisotopic (exact) mass is 588 g/mol. The van der Waals surface area contributed by atoms with E-state index in [1.54, 1.807) is 0 Å². The highest BCUT2D eigenvalue weighted by molar-refractivity contribution is 5.95. The van der Waals surface area contributed by atoms with Crippen LogP contribution in [0.1, 0.15) is 126 Å². The fraction of sp³-hybridized carbons (Fsp3) is 0.914. The number of rotatable bonds is 8. The van der Waals surface area contributed by atoms with Crippen molar-refractivity contribution in [3.05, 3.63) is 11.6 Å².